The highest BCUT2D eigenvalue weighted by atomic mass is 28.4. The van der Waals surface area contributed by atoms with Crippen molar-refractivity contribution in [1.29, 1.82) is 0 Å². The van der Waals surface area contributed by atoms with Gasteiger partial charge in [-0.1, -0.05) is 61.3 Å². The van der Waals surface area contributed by atoms with E-state index < -0.39 is 16.1 Å². The lowest BCUT2D eigenvalue weighted by Crippen LogP contribution is -2.43. The standard InChI is InChI=1S/C20H27N2Si2/c1-7-18-16-8-14-10-19-20(24(5,6)13-23(19,3)4)11-15(14)9-17(16)21-12-22(18)2/h8-12H,7,13H2,1-6H3/q+1. The van der Waals surface area contributed by atoms with Crippen molar-refractivity contribution in [3.05, 3.63) is 36.3 Å². The molecular weight excluding hydrogens is 324 g/mol. The quantitative estimate of drug-likeness (QED) is 0.374. The third-order valence-corrected chi connectivity index (χ3v) is 16.9. The zero-order valence-corrected chi connectivity index (χ0v) is 17.7. The molecule has 0 N–H and O–H groups in total. The molecule has 0 saturated carbocycles. The molecule has 1 aliphatic heterocycles. The van der Waals surface area contributed by atoms with Crippen LogP contribution in [0.4, 0.5) is 0 Å². The Morgan fingerprint density at radius 1 is 0.958 bits per heavy atom. The SMILES string of the molecule is CCc1c2cc3cc4c(cc3cc2nc[n+]1C)[Si](C)(C)C[Si]4(C)C. The molecule has 124 valence electrons. The smallest absolute Gasteiger partial charge is 0.236 e. The number of aryl methyl sites for hydroxylation is 2. The maximum Gasteiger partial charge on any atom is 0.286 e. The van der Waals surface area contributed by atoms with E-state index in [9.17, 15) is 0 Å². The van der Waals surface area contributed by atoms with E-state index in [1.807, 2.05) is 6.33 Å². The molecule has 0 unspecified atom stereocenters. The van der Waals surface area contributed by atoms with Crippen molar-refractivity contribution in [1.82, 2.24) is 4.98 Å². The second-order valence-electron chi connectivity index (χ2n) is 8.71. The fourth-order valence-electron chi connectivity index (χ4n) is 4.94. The minimum Gasteiger partial charge on any atom is -0.236 e. The van der Waals surface area contributed by atoms with Crippen LogP contribution in [0, 0.1) is 0 Å². The van der Waals surface area contributed by atoms with Crippen LogP contribution in [0.25, 0.3) is 21.7 Å². The van der Waals surface area contributed by atoms with Crippen molar-refractivity contribution >= 4 is 48.2 Å². The molecule has 2 aromatic carbocycles. The predicted molar refractivity (Wildman–Crippen MR) is 109 cm³/mol. The average molecular weight is 352 g/mol. The largest absolute Gasteiger partial charge is 0.286 e. The molecule has 0 atom stereocenters. The molecule has 24 heavy (non-hydrogen) atoms. The van der Waals surface area contributed by atoms with Crippen molar-refractivity contribution in [3.8, 4) is 0 Å². The minimum atomic E-state index is -1.27. The van der Waals surface area contributed by atoms with Gasteiger partial charge in [0, 0.05) is 6.42 Å². The van der Waals surface area contributed by atoms with Crippen LogP contribution in [-0.2, 0) is 13.5 Å². The van der Waals surface area contributed by atoms with Gasteiger partial charge in [-0.15, -0.1) is 0 Å². The molecule has 0 radical (unpaired) electrons. The Kier molecular flexibility index (Phi) is 3.32. The lowest BCUT2D eigenvalue weighted by atomic mass is 10.0. The first-order valence-corrected chi connectivity index (χ1v) is 15.4. The summed E-state index contributed by atoms with van der Waals surface area (Å²) >= 11 is 0. The molecule has 4 rings (SSSR count). The van der Waals surface area contributed by atoms with Crippen LogP contribution in [0.15, 0.2) is 30.6 Å². The summed E-state index contributed by atoms with van der Waals surface area (Å²) < 4.78 is 2.16. The van der Waals surface area contributed by atoms with E-state index in [4.69, 9.17) is 0 Å². The van der Waals surface area contributed by atoms with Crippen LogP contribution < -0.4 is 14.9 Å². The molecule has 0 aliphatic carbocycles. The maximum atomic E-state index is 4.68. The van der Waals surface area contributed by atoms with Crippen molar-refractivity contribution in [2.45, 2.75) is 45.2 Å². The molecule has 0 spiro atoms. The summed E-state index contributed by atoms with van der Waals surface area (Å²) in [4.78, 5) is 4.68. The van der Waals surface area contributed by atoms with Crippen LogP contribution in [-0.4, -0.2) is 21.1 Å². The molecular formula is C20H27N2Si2+. The van der Waals surface area contributed by atoms with Gasteiger partial charge in [0.15, 0.2) is 5.52 Å². The monoisotopic (exact) mass is 351 g/mol. The third kappa shape index (κ3) is 2.20. The average Bonchev–Trinajstić information content (AvgIpc) is 2.68. The number of aromatic nitrogens is 2. The number of rotatable bonds is 1. The van der Waals surface area contributed by atoms with Crippen molar-refractivity contribution in [2.75, 3.05) is 0 Å². The molecule has 3 aromatic rings. The van der Waals surface area contributed by atoms with Gasteiger partial charge in [0.05, 0.1) is 28.6 Å². The summed E-state index contributed by atoms with van der Waals surface area (Å²) in [5, 5.41) is 7.51. The van der Waals surface area contributed by atoms with Gasteiger partial charge in [-0.25, -0.2) is 4.57 Å². The molecule has 0 saturated heterocycles. The highest BCUT2D eigenvalue weighted by Crippen LogP contribution is 2.30. The van der Waals surface area contributed by atoms with E-state index >= 15 is 0 Å². The summed E-state index contributed by atoms with van der Waals surface area (Å²) in [6.45, 7) is 12.4. The number of hydrogen-bond donors (Lipinski definition) is 0. The fraction of sp³-hybridized carbons (Fsp3) is 0.400. The summed E-state index contributed by atoms with van der Waals surface area (Å²) in [6.07, 6.45) is 2.99. The first-order chi connectivity index (χ1) is 11.2. The van der Waals surface area contributed by atoms with Crippen LogP contribution in [0.3, 0.4) is 0 Å². The highest BCUT2D eigenvalue weighted by Gasteiger charge is 2.44. The van der Waals surface area contributed by atoms with E-state index in [1.165, 1.54) is 27.5 Å². The summed E-state index contributed by atoms with van der Waals surface area (Å²) in [6, 6.07) is 9.73. The predicted octanol–water partition coefficient (Wildman–Crippen LogP) is 3.16. The number of fused-ring (bicyclic) bond motifs is 3. The minimum absolute atomic E-state index is 1.03. The number of benzene rings is 2. The van der Waals surface area contributed by atoms with Gasteiger partial charge in [-0.2, -0.15) is 0 Å². The summed E-state index contributed by atoms with van der Waals surface area (Å²) in [5.41, 5.74) is 3.98. The van der Waals surface area contributed by atoms with E-state index in [-0.39, 0.29) is 0 Å². The van der Waals surface area contributed by atoms with Gasteiger partial charge in [0.1, 0.15) is 5.69 Å². The Morgan fingerprint density at radius 2 is 1.54 bits per heavy atom. The van der Waals surface area contributed by atoms with Gasteiger partial charge in [0.25, 0.3) is 6.33 Å². The van der Waals surface area contributed by atoms with E-state index in [0.717, 1.165) is 11.9 Å². The normalized spacial score (nSPS) is 18.2. The van der Waals surface area contributed by atoms with Gasteiger partial charge in [-0.05, 0) is 27.9 Å². The Labute approximate surface area is 146 Å². The molecule has 4 heteroatoms. The highest BCUT2D eigenvalue weighted by molar-refractivity contribution is 7.14. The molecule has 1 aromatic heterocycles. The molecule has 1 aliphatic rings. The van der Waals surface area contributed by atoms with E-state index in [0.29, 0.717) is 0 Å². The molecule has 0 fully saturated rings. The number of hydrogen-bond acceptors (Lipinski definition) is 1. The Hall–Kier alpha value is -1.53. The lowest BCUT2D eigenvalue weighted by Gasteiger charge is -2.19. The van der Waals surface area contributed by atoms with Crippen LogP contribution in [0.2, 0.25) is 31.9 Å². The first-order valence-electron chi connectivity index (χ1n) is 8.99. The van der Waals surface area contributed by atoms with Gasteiger partial charge in [-0.3, -0.25) is 0 Å². The van der Waals surface area contributed by atoms with Crippen LogP contribution >= 0.6 is 0 Å². The Morgan fingerprint density at radius 3 is 2.12 bits per heavy atom. The van der Waals surface area contributed by atoms with Gasteiger partial charge in [0.2, 0.25) is 0 Å². The molecule has 0 amide bonds. The van der Waals surface area contributed by atoms with E-state index in [1.54, 1.807) is 10.4 Å². The second-order valence-corrected chi connectivity index (χ2v) is 18.7. The Balaban J connectivity index is 2.08. The topological polar surface area (TPSA) is 16.8 Å². The molecule has 2 nitrogen and oxygen atoms in total. The molecule has 2 heterocycles. The molecule has 0 bridgehead atoms. The maximum absolute atomic E-state index is 4.68. The zero-order chi connectivity index (χ0) is 17.3. The lowest BCUT2D eigenvalue weighted by molar-refractivity contribution is -0.680. The fourth-order valence-corrected chi connectivity index (χ4v) is 20.0. The van der Waals surface area contributed by atoms with Crippen LogP contribution in [0.5, 0.6) is 0 Å². The van der Waals surface area contributed by atoms with Crippen molar-refractivity contribution in [3.63, 3.8) is 0 Å². The van der Waals surface area contributed by atoms with Crippen molar-refractivity contribution < 1.29 is 4.57 Å². The van der Waals surface area contributed by atoms with Gasteiger partial charge < -0.3 is 0 Å². The second kappa shape index (κ2) is 4.99. The number of nitrogens with zero attached hydrogens (tertiary/aromatic N) is 2. The summed E-state index contributed by atoms with van der Waals surface area (Å²) in [5.74, 6) is 0. The third-order valence-electron chi connectivity index (χ3n) is 5.87. The first kappa shape index (κ1) is 16.0. The zero-order valence-electron chi connectivity index (χ0n) is 15.7. The van der Waals surface area contributed by atoms with Crippen LogP contribution in [0.1, 0.15) is 12.6 Å². The summed E-state index contributed by atoms with van der Waals surface area (Å²) in [7, 11) is -0.444. The van der Waals surface area contributed by atoms with Crippen molar-refractivity contribution in [2.24, 2.45) is 7.05 Å². The van der Waals surface area contributed by atoms with Gasteiger partial charge >= 0.3 is 0 Å². The van der Waals surface area contributed by atoms with E-state index in [2.05, 4.69) is 74.0 Å². The Bertz CT molecular complexity index is 990.